The Morgan fingerprint density at radius 3 is 2.93 bits per heavy atom. The second-order valence-electron chi connectivity index (χ2n) is 3.02. The summed E-state index contributed by atoms with van der Waals surface area (Å²) < 4.78 is 13.1. The first-order valence-electron chi connectivity index (χ1n) is 4.80. The Morgan fingerprint density at radius 2 is 2.20 bits per heavy atom. The van der Waals surface area contributed by atoms with E-state index in [4.69, 9.17) is 6.42 Å². The van der Waals surface area contributed by atoms with Gasteiger partial charge in [0.2, 0.25) is 0 Å². The number of halogens is 1. The highest BCUT2D eigenvalue weighted by Crippen LogP contribution is 2.05. The van der Waals surface area contributed by atoms with Gasteiger partial charge in [0.15, 0.2) is 0 Å². The molecule has 0 radical (unpaired) electrons. The first-order chi connectivity index (χ1) is 7.34. The minimum atomic E-state index is -0.152. The lowest BCUT2D eigenvalue weighted by Crippen LogP contribution is -2.17. The van der Waals surface area contributed by atoms with Crippen LogP contribution in [0.1, 0.15) is 5.56 Å². The van der Waals surface area contributed by atoms with E-state index in [1.807, 2.05) is 6.07 Å². The maximum atomic E-state index is 13.1. The van der Waals surface area contributed by atoms with Gasteiger partial charge in [-0.25, -0.2) is 4.39 Å². The van der Waals surface area contributed by atoms with Crippen molar-refractivity contribution in [3.8, 4) is 12.3 Å². The van der Waals surface area contributed by atoms with Gasteiger partial charge in [-0.15, -0.1) is 18.2 Å². The average Bonchev–Trinajstić information content (AvgIpc) is 2.25. The van der Waals surface area contributed by atoms with Gasteiger partial charge in [-0.1, -0.05) is 24.1 Å². The Balaban J connectivity index is 2.16. The maximum Gasteiger partial charge on any atom is 0.127 e. The van der Waals surface area contributed by atoms with Gasteiger partial charge in [0.25, 0.3) is 0 Å². The Labute approximate surface area is 94.5 Å². The summed E-state index contributed by atoms with van der Waals surface area (Å²) in [6.45, 7) is 1.42. The molecule has 0 fully saturated rings. The number of hydrogen-bond acceptors (Lipinski definition) is 2. The fraction of sp³-hybridized carbons (Fsp3) is 0.333. The molecule has 0 aliphatic carbocycles. The fourth-order valence-electron chi connectivity index (χ4n) is 1.14. The zero-order valence-electron chi connectivity index (χ0n) is 8.50. The summed E-state index contributed by atoms with van der Waals surface area (Å²) in [6.07, 6.45) is 5.11. The van der Waals surface area contributed by atoms with Crippen LogP contribution in [0.3, 0.4) is 0 Å². The van der Waals surface area contributed by atoms with E-state index in [2.05, 4.69) is 11.2 Å². The SMILES string of the molecule is C#CCSCCNCc1ccccc1F. The van der Waals surface area contributed by atoms with E-state index in [1.165, 1.54) is 6.07 Å². The van der Waals surface area contributed by atoms with E-state index < -0.39 is 0 Å². The quantitative estimate of drug-likeness (QED) is 0.586. The Morgan fingerprint density at radius 1 is 1.40 bits per heavy atom. The molecule has 80 valence electrons. The van der Waals surface area contributed by atoms with Gasteiger partial charge in [-0.3, -0.25) is 0 Å². The Hall–Kier alpha value is -0.980. The molecule has 0 saturated carbocycles. The van der Waals surface area contributed by atoms with E-state index in [0.717, 1.165) is 18.1 Å². The number of nitrogens with one attached hydrogen (secondary N) is 1. The maximum absolute atomic E-state index is 13.1. The van der Waals surface area contributed by atoms with Crippen LogP contribution in [0.25, 0.3) is 0 Å². The predicted octanol–water partition coefficient (Wildman–Crippen LogP) is 2.28. The third-order valence-corrected chi connectivity index (χ3v) is 2.75. The number of hydrogen-bond donors (Lipinski definition) is 1. The van der Waals surface area contributed by atoms with Gasteiger partial charge in [0.1, 0.15) is 5.82 Å². The molecule has 0 atom stereocenters. The normalized spacial score (nSPS) is 9.87. The van der Waals surface area contributed by atoms with Crippen molar-refractivity contribution in [3.05, 3.63) is 35.6 Å². The molecule has 0 aliphatic rings. The van der Waals surface area contributed by atoms with Crippen molar-refractivity contribution in [3.63, 3.8) is 0 Å². The van der Waals surface area contributed by atoms with Crippen LogP contribution in [0.2, 0.25) is 0 Å². The lowest BCUT2D eigenvalue weighted by molar-refractivity contribution is 0.594. The molecule has 1 aromatic rings. The highest BCUT2D eigenvalue weighted by atomic mass is 32.2. The van der Waals surface area contributed by atoms with Gasteiger partial charge in [-0.05, 0) is 6.07 Å². The van der Waals surface area contributed by atoms with Crippen LogP contribution in [0, 0.1) is 18.2 Å². The van der Waals surface area contributed by atoms with Crippen molar-refractivity contribution < 1.29 is 4.39 Å². The molecule has 0 spiro atoms. The molecule has 0 bridgehead atoms. The molecule has 0 aromatic heterocycles. The number of rotatable bonds is 6. The van der Waals surface area contributed by atoms with Gasteiger partial charge in [0, 0.05) is 24.4 Å². The summed E-state index contributed by atoms with van der Waals surface area (Å²) in [4.78, 5) is 0. The van der Waals surface area contributed by atoms with Crippen molar-refractivity contribution in [2.24, 2.45) is 0 Å². The standard InChI is InChI=1S/C12H14FNS/c1-2-8-15-9-7-14-10-11-5-3-4-6-12(11)13/h1,3-6,14H,7-10H2. The molecular formula is C12H14FNS. The molecule has 1 N–H and O–H groups in total. The third kappa shape index (κ3) is 4.87. The van der Waals surface area contributed by atoms with Crippen molar-refractivity contribution in [1.82, 2.24) is 5.32 Å². The van der Waals surface area contributed by atoms with E-state index in [0.29, 0.717) is 12.1 Å². The molecule has 0 saturated heterocycles. The van der Waals surface area contributed by atoms with E-state index in [-0.39, 0.29) is 5.82 Å². The van der Waals surface area contributed by atoms with Gasteiger partial charge < -0.3 is 5.32 Å². The lowest BCUT2D eigenvalue weighted by Gasteiger charge is -2.04. The van der Waals surface area contributed by atoms with Gasteiger partial charge >= 0.3 is 0 Å². The molecule has 1 nitrogen and oxygen atoms in total. The zero-order chi connectivity index (χ0) is 10.9. The second kappa shape index (κ2) is 7.33. The molecule has 0 aliphatic heterocycles. The second-order valence-corrected chi connectivity index (χ2v) is 4.13. The van der Waals surface area contributed by atoms with Crippen LogP contribution in [0.15, 0.2) is 24.3 Å². The number of benzene rings is 1. The zero-order valence-corrected chi connectivity index (χ0v) is 9.32. The van der Waals surface area contributed by atoms with Crippen LogP contribution in [-0.2, 0) is 6.54 Å². The van der Waals surface area contributed by atoms with E-state index in [9.17, 15) is 4.39 Å². The summed E-state index contributed by atoms with van der Waals surface area (Å²) in [7, 11) is 0. The molecule has 3 heteroatoms. The summed E-state index contributed by atoms with van der Waals surface area (Å²) >= 11 is 1.70. The summed E-state index contributed by atoms with van der Waals surface area (Å²) in [6, 6.07) is 6.80. The Kier molecular flexibility index (Phi) is 5.91. The highest BCUT2D eigenvalue weighted by Gasteiger charge is 1.98. The Bertz CT molecular complexity index is 333. The third-order valence-electron chi connectivity index (χ3n) is 1.88. The topological polar surface area (TPSA) is 12.0 Å². The van der Waals surface area contributed by atoms with Gasteiger partial charge in [-0.2, -0.15) is 0 Å². The van der Waals surface area contributed by atoms with Crippen molar-refractivity contribution in [1.29, 1.82) is 0 Å². The van der Waals surface area contributed by atoms with Crippen LogP contribution < -0.4 is 5.32 Å². The van der Waals surface area contributed by atoms with Crippen LogP contribution in [0.4, 0.5) is 4.39 Å². The molecule has 15 heavy (non-hydrogen) atoms. The van der Waals surface area contributed by atoms with E-state index in [1.54, 1.807) is 23.9 Å². The largest absolute Gasteiger partial charge is 0.312 e. The molecule has 0 amide bonds. The first-order valence-corrected chi connectivity index (χ1v) is 5.95. The smallest absolute Gasteiger partial charge is 0.127 e. The molecule has 1 aromatic carbocycles. The number of terminal acetylenes is 1. The average molecular weight is 223 g/mol. The van der Waals surface area contributed by atoms with Gasteiger partial charge in [0.05, 0.1) is 5.75 Å². The lowest BCUT2D eigenvalue weighted by atomic mass is 10.2. The monoisotopic (exact) mass is 223 g/mol. The van der Waals surface area contributed by atoms with Crippen molar-refractivity contribution in [2.75, 3.05) is 18.1 Å². The van der Waals surface area contributed by atoms with Crippen LogP contribution >= 0.6 is 11.8 Å². The highest BCUT2D eigenvalue weighted by molar-refractivity contribution is 7.99. The van der Waals surface area contributed by atoms with Crippen molar-refractivity contribution >= 4 is 11.8 Å². The van der Waals surface area contributed by atoms with Crippen molar-refractivity contribution in [2.45, 2.75) is 6.54 Å². The number of thioether (sulfide) groups is 1. The first kappa shape index (κ1) is 12.1. The fourth-order valence-corrected chi connectivity index (χ4v) is 1.69. The molecular weight excluding hydrogens is 209 g/mol. The molecule has 0 unspecified atom stereocenters. The molecule has 0 heterocycles. The minimum absolute atomic E-state index is 0.152. The summed E-state index contributed by atoms with van der Waals surface area (Å²) in [5.41, 5.74) is 0.708. The molecule has 1 rings (SSSR count). The predicted molar refractivity (Wildman–Crippen MR) is 64.3 cm³/mol. The summed E-state index contributed by atoms with van der Waals surface area (Å²) in [5, 5.41) is 3.17. The van der Waals surface area contributed by atoms with Crippen LogP contribution in [-0.4, -0.2) is 18.1 Å². The summed E-state index contributed by atoms with van der Waals surface area (Å²) in [5.74, 6) is 4.10. The van der Waals surface area contributed by atoms with E-state index >= 15 is 0 Å². The van der Waals surface area contributed by atoms with Crippen LogP contribution in [0.5, 0.6) is 0 Å². The minimum Gasteiger partial charge on any atom is -0.312 e.